The number of nitrogens with zero attached hydrogens (tertiary/aromatic N) is 1. The first-order valence-electron chi connectivity index (χ1n) is 10.9. The number of nitriles is 1. The molecule has 4 rings (SSSR count). The van der Waals surface area contributed by atoms with Gasteiger partial charge in [-0.05, 0) is 72.2 Å². The lowest BCUT2D eigenvalue weighted by molar-refractivity contribution is -0.112. The van der Waals surface area contributed by atoms with Crippen LogP contribution in [0.15, 0.2) is 78.4 Å². The summed E-state index contributed by atoms with van der Waals surface area (Å²) < 4.78 is 6.18. The molecule has 0 aromatic heterocycles. The van der Waals surface area contributed by atoms with Crippen LogP contribution in [0.4, 0.5) is 5.69 Å². The summed E-state index contributed by atoms with van der Waals surface area (Å²) >= 11 is 12.4. The van der Waals surface area contributed by atoms with Gasteiger partial charge in [0.25, 0.3) is 5.91 Å². The lowest BCUT2D eigenvalue weighted by atomic mass is 10.0. The van der Waals surface area contributed by atoms with Crippen molar-refractivity contribution in [3.63, 3.8) is 0 Å². The van der Waals surface area contributed by atoms with Gasteiger partial charge in [0.2, 0.25) is 0 Å². The number of amides is 1. The minimum absolute atomic E-state index is 0.0853. The molecular weight excluding hydrogens is 479 g/mol. The lowest BCUT2D eigenvalue weighted by Gasteiger charge is -2.14. The Balaban J connectivity index is 1.63. The van der Waals surface area contributed by atoms with Crippen molar-refractivity contribution in [2.24, 2.45) is 0 Å². The number of nitrogens with one attached hydrogen (secondary N) is 1. The van der Waals surface area contributed by atoms with Crippen molar-refractivity contribution in [3.05, 3.63) is 111 Å². The molecule has 0 fully saturated rings. The minimum atomic E-state index is -0.548. The first kappa shape index (κ1) is 24.3. The zero-order chi connectivity index (χ0) is 24.9. The van der Waals surface area contributed by atoms with Crippen molar-refractivity contribution in [3.8, 4) is 11.8 Å². The van der Waals surface area contributed by atoms with Crippen molar-refractivity contribution < 1.29 is 9.53 Å². The molecule has 4 aromatic carbocycles. The third-order valence-corrected chi connectivity index (χ3v) is 6.44. The Kier molecular flexibility index (Phi) is 7.41. The van der Waals surface area contributed by atoms with Crippen LogP contribution < -0.4 is 10.1 Å². The molecule has 0 aliphatic heterocycles. The molecule has 0 unspecified atom stereocenters. The Morgan fingerprint density at radius 2 is 1.83 bits per heavy atom. The predicted octanol–water partition coefficient (Wildman–Crippen LogP) is 7.89. The van der Waals surface area contributed by atoms with Crippen molar-refractivity contribution in [1.82, 2.24) is 0 Å². The maximum Gasteiger partial charge on any atom is 0.266 e. The van der Waals surface area contributed by atoms with Gasteiger partial charge in [-0.1, -0.05) is 65.7 Å². The van der Waals surface area contributed by atoms with Crippen molar-refractivity contribution in [2.45, 2.75) is 20.5 Å². The molecule has 4 nitrogen and oxygen atoms in total. The Hall–Kier alpha value is -3.78. The average Bonchev–Trinajstić information content (AvgIpc) is 2.85. The summed E-state index contributed by atoms with van der Waals surface area (Å²) in [5.41, 5.74) is 3.89. The summed E-state index contributed by atoms with van der Waals surface area (Å²) in [6, 6.07) is 24.6. The molecular formula is C29H22Cl2N2O2. The van der Waals surface area contributed by atoms with Gasteiger partial charge in [-0.3, -0.25) is 4.79 Å². The second kappa shape index (κ2) is 10.7. The molecule has 1 N–H and O–H groups in total. The molecule has 35 heavy (non-hydrogen) atoms. The van der Waals surface area contributed by atoms with E-state index >= 15 is 0 Å². The molecule has 0 radical (unpaired) electrons. The summed E-state index contributed by atoms with van der Waals surface area (Å²) in [6.07, 6.45) is 1.48. The van der Waals surface area contributed by atoms with Crippen LogP contribution in [0.3, 0.4) is 0 Å². The number of carbonyl (C=O) groups is 1. The SMILES string of the molecule is Cc1ccc2ccccc2c1COc1ccc(Cl)cc1/C=C(\C#N)C(=O)Nc1cccc(Cl)c1C. The Labute approximate surface area is 214 Å². The Morgan fingerprint density at radius 1 is 1.03 bits per heavy atom. The van der Waals surface area contributed by atoms with Gasteiger partial charge in [-0.25, -0.2) is 0 Å². The topological polar surface area (TPSA) is 62.1 Å². The molecule has 0 spiro atoms. The largest absolute Gasteiger partial charge is 0.488 e. The maximum atomic E-state index is 12.9. The van der Waals surface area contributed by atoms with E-state index in [4.69, 9.17) is 27.9 Å². The maximum absolute atomic E-state index is 12.9. The van der Waals surface area contributed by atoms with E-state index < -0.39 is 5.91 Å². The third-order valence-electron chi connectivity index (χ3n) is 5.80. The van der Waals surface area contributed by atoms with E-state index in [0.717, 1.165) is 27.5 Å². The van der Waals surface area contributed by atoms with Crippen LogP contribution in [-0.2, 0) is 11.4 Å². The fourth-order valence-corrected chi connectivity index (χ4v) is 4.14. The first-order chi connectivity index (χ1) is 16.9. The molecule has 174 valence electrons. The smallest absolute Gasteiger partial charge is 0.266 e. The quantitative estimate of drug-likeness (QED) is 0.216. The number of anilines is 1. The molecule has 0 bridgehead atoms. The average molecular weight is 501 g/mol. The van der Waals surface area contributed by atoms with Gasteiger partial charge in [-0.2, -0.15) is 5.26 Å². The third kappa shape index (κ3) is 5.49. The number of benzene rings is 4. The molecule has 0 aliphatic rings. The zero-order valence-corrected chi connectivity index (χ0v) is 20.7. The summed E-state index contributed by atoms with van der Waals surface area (Å²) in [6.45, 7) is 4.17. The number of rotatable bonds is 6. The predicted molar refractivity (Wildman–Crippen MR) is 143 cm³/mol. The van der Waals surface area contributed by atoms with E-state index in [2.05, 4.69) is 29.6 Å². The highest BCUT2D eigenvalue weighted by Crippen LogP contribution is 2.29. The van der Waals surface area contributed by atoms with E-state index in [1.165, 1.54) is 6.08 Å². The lowest BCUT2D eigenvalue weighted by Crippen LogP contribution is -2.14. The number of aryl methyl sites for hydroxylation is 1. The summed E-state index contributed by atoms with van der Waals surface area (Å²) in [5.74, 6) is -0.0325. The standard InChI is InChI=1S/C29H22Cl2N2O2/c1-18-10-11-20-6-3-4-7-24(20)25(18)17-35-28-13-12-23(30)15-21(28)14-22(16-32)29(34)33-27-9-5-8-26(31)19(27)2/h3-15H,17H2,1-2H3,(H,33,34)/b22-14+. The van der Waals surface area contributed by atoms with E-state index in [9.17, 15) is 10.1 Å². The molecule has 1 amide bonds. The van der Waals surface area contributed by atoms with Crippen LogP contribution >= 0.6 is 23.2 Å². The van der Waals surface area contributed by atoms with Gasteiger partial charge in [0.05, 0.1) is 0 Å². The van der Waals surface area contributed by atoms with E-state index in [-0.39, 0.29) is 5.57 Å². The number of carbonyl (C=O) groups excluding carboxylic acids is 1. The molecule has 0 saturated carbocycles. The molecule has 0 atom stereocenters. The Bertz CT molecular complexity index is 1500. The number of halogens is 2. The molecule has 4 aromatic rings. The van der Waals surface area contributed by atoms with Gasteiger partial charge in [0.15, 0.2) is 0 Å². The number of ether oxygens (including phenoxy) is 1. The van der Waals surface area contributed by atoms with Crippen LogP contribution in [0.2, 0.25) is 10.0 Å². The van der Waals surface area contributed by atoms with E-state index in [0.29, 0.717) is 33.7 Å². The number of hydrogen-bond acceptors (Lipinski definition) is 3. The fraction of sp³-hybridized carbons (Fsp3) is 0.103. The summed E-state index contributed by atoms with van der Waals surface area (Å²) in [7, 11) is 0. The van der Waals surface area contributed by atoms with Crippen molar-refractivity contribution in [2.75, 3.05) is 5.32 Å². The molecule has 6 heteroatoms. The van der Waals surface area contributed by atoms with Crippen LogP contribution in [0.5, 0.6) is 5.75 Å². The monoisotopic (exact) mass is 500 g/mol. The highest BCUT2D eigenvalue weighted by Gasteiger charge is 2.14. The van der Waals surface area contributed by atoms with Gasteiger partial charge in [0.1, 0.15) is 24.0 Å². The van der Waals surface area contributed by atoms with Gasteiger partial charge < -0.3 is 10.1 Å². The second-order valence-electron chi connectivity index (χ2n) is 8.09. The normalized spacial score (nSPS) is 11.2. The van der Waals surface area contributed by atoms with Crippen LogP contribution in [0.1, 0.15) is 22.3 Å². The number of hydrogen-bond donors (Lipinski definition) is 1. The van der Waals surface area contributed by atoms with Crippen molar-refractivity contribution in [1.29, 1.82) is 5.26 Å². The van der Waals surface area contributed by atoms with Gasteiger partial charge in [-0.15, -0.1) is 0 Å². The van der Waals surface area contributed by atoms with Crippen LogP contribution in [-0.4, -0.2) is 5.91 Å². The second-order valence-corrected chi connectivity index (χ2v) is 8.93. The van der Waals surface area contributed by atoms with E-state index in [1.54, 1.807) is 43.3 Å². The van der Waals surface area contributed by atoms with Gasteiger partial charge >= 0.3 is 0 Å². The van der Waals surface area contributed by atoms with Crippen LogP contribution in [0.25, 0.3) is 16.8 Å². The number of fused-ring (bicyclic) bond motifs is 1. The van der Waals surface area contributed by atoms with E-state index in [1.807, 2.05) is 25.1 Å². The van der Waals surface area contributed by atoms with Gasteiger partial charge in [0, 0.05) is 26.9 Å². The summed E-state index contributed by atoms with van der Waals surface area (Å²) in [4.78, 5) is 12.9. The highest BCUT2D eigenvalue weighted by atomic mass is 35.5. The summed E-state index contributed by atoms with van der Waals surface area (Å²) in [5, 5.41) is 15.7. The molecule has 0 aliphatic carbocycles. The fourth-order valence-electron chi connectivity index (χ4n) is 3.79. The van der Waals surface area contributed by atoms with Crippen molar-refractivity contribution >= 4 is 51.6 Å². The first-order valence-corrected chi connectivity index (χ1v) is 11.7. The molecule has 0 heterocycles. The zero-order valence-electron chi connectivity index (χ0n) is 19.2. The highest BCUT2D eigenvalue weighted by molar-refractivity contribution is 6.32. The minimum Gasteiger partial charge on any atom is -0.488 e. The van der Waals surface area contributed by atoms with Crippen LogP contribution in [0, 0.1) is 25.2 Å². The molecule has 0 saturated heterocycles. The Morgan fingerprint density at radius 3 is 2.63 bits per heavy atom.